The van der Waals surface area contributed by atoms with Crippen molar-refractivity contribution < 1.29 is 32.6 Å². The maximum atomic E-state index is 12.6. The quantitative estimate of drug-likeness (QED) is 0.580. The molecule has 2 aromatic rings. The molecular formula is C19H17BrClF3N4O4. The zero-order valence-electron chi connectivity index (χ0n) is 16.5. The van der Waals surface area contributed by atoms with Crippen LogP contribution >= 0.6 is 27.5 Å². The van der Waals surface area contributed by atoms with E-state index in [0.717, 1.165) is 6.07 Å². The van der Waals surface area contributed by atoms with Gasteiger partial charge in [-0.15, -0.1) is 13.2 Å². The maximum Gasteiger partial charge on any atom is 0.573 e. The van der Waals surface area contributed by atoms with E-state index in [9.17, 15) is 22.8 Å². The minimum atomic E-state index is -4.95. The van der Waals surface area contributed by atoms with Crippen LogP contribution < -0.4 is 15.0 Å². The Balaban J connectivity index is 1.71. The fourth-order valence-corrected chi connectivity index (χ4v) is 3.72. The van der Waals surface area contributed by atoms with Gasteiger partial charge in [0.05, 0.1) is 21.4 Å². The van der Waals surface area contributed by atoms with E-state index in [0.29, 0.717) is 31.1 Å². The van der Waals surface area contributed by atoms with Gasteiger partial charge in [0.15, 0.2) is 0 Å². The molecule has 0 bridgehead atoms. The summed E-state index contributed by atoms with van der Waals surface area (Å²) in [4.78, 5) is 31.2. The molecule has 1 fully saturated rings. The summed E-state index contributed by atoms with van der Waals surface area (Å²) in [5.41, 5.74) is 0.174. The number of rotatable bonds is 4. The Labute approximate surface area is 194 Å². The van der Waals surface area contributed by atoms with E-state index >= 15 is 0 Å². The Kier molecular flexibility index (Phi) is 7.03. The first-order chi connectivity index (χ1) is 14.9. The van der Waals surface area contributed by atoms with E-state index in [2.05, 4.69) is 31.0 Å². The number of amides is 2. The molecule has 13 heteroatoms. The van der Waals surface area contributed by atoms with Crippen LogP contribution in [-0.4, -0.2) is 59.0 Å². The predicted octanol–water partition coefficient (Wildman–Crippen LogP) is 4.84. The molecule has 0 radical (unpaired) electrons. The lowest BCUT2D eigenvalue weighted by Crippen LogP contribution is -2.53. The van der Waals surface area contributed by atoms with Gasteiger partial charge in [0.25, 0.3) is 5.91 Å². The third kappa shape index (κ3) is 5.74. The molecule has 2 heterocycles. The molecule has 1 atom stereocenters. The molecule has 0 saturated carbocycles. The van der Waals surface area contributed by atoms with Crippen molar-refractivity contribution in [3.05, 3.63) is 45.5 Å². The van der Waals surface area contributed by atoms with E-state index in [1.807, 2.05) is 11.8 Å². The van der Waals surface area contributed by atoms with E-state index < -0.39 is 24.1 Å². The van der Waals surface area contributed by atoms with E-state index in [4.69, 9.17) is 16.7 Å². The van der Waals surface area contributed by atoms with Crippen LogP contribution in [-0.2, 0) is 0 Å². The number of ether oxygens (including phenoxy) is 1. The number of nitrogens with one attached hydrogen (secondary N) is 1. The van der Waals surface area contributed by atoms with Crippen LogP contribution in [0, 0.1) is 0 Å². The lowest BCUT2D eigenvalue weighted by atomic mass is 10.2. The van der Waals surface area contributed by atoms with Gasteiger partial charge in [-0.3, -0.25) is 4.79 Å². The molecule has 1 aliphatic rings. The van der Waals surface area contributed by atoms with Crippen molar-refractivity contribution in [1.29, 1.82) is 0 Å². The second kappa shape index (κ2) is 9.41. The summed E-state index contributed by atoms with van der Waals surface area (Å²) >= 11 is 8.82. The third-order valence-electron chi connectivity index (χ3n) is 4.68. The van der Waals surface area contributed by atoms with Crippen molar-refractivity contribution in [2.24, 2.45) is 0 Å². The number of piperazine rings is 1. The molecule has 2 amide bonds. The highest BCUT2D eigenvalue weighted by Crippen LogP contribution is 2.37. The van der Waals surface area contributed by atoms with Crippen molar-refractivity contribution >= 4 is 51.0 Å². The fraction of sp³-hybridized carbons (Fsp3) is 0.316. The van der Waals surface area contributed by atoms with Gasteiger partial charge >= 0.3 is 12.5 Å². The lowest BCUT2D eigenvalue weighted by Gasteiger charge is -2.39. The Morgan fingerprint density at radius 2 is 2.03 bits per heavy atom. The minimum Gasteiger partial charge on any atom is -0.465 e. The van der Waals surface area contributed by atoms with Gasteiger partial charge in [0.1, 0.15) is 11.6 Å². The van der Waals surface area contributed by atoms with Gasteiger partial charge < -0.3 is 25.0 Å². The van der Waals surface area contributed by atoms with Crippen LogP contribution in [0.3, 0.4) is 0 Å². The number of benzene rings is 1. The Bertz CT molecular complexity index is 1020. The third-order valence-corrected chi connectivity index (χ3v) is 6.03. The summed E-state index contributed by atoms with van der Waals surface area (Å²) in [7, 11) is 0. The lowest BCUT2D eigenvalue weighted by molar-refractivity contribution is -0.274. The van der Waals surface area contributed by atoms with Gasteiger partial charge in [-0.2, -0.15) is 0 Å². The summed E-state index contributed by atoms with van der Waals surface area (Å²) in [5, 5.41) is 11.5. The number of hydrogen-bond donors (Lipinski definition) is 2. The number of carboxylic acid groups (broad SMARTS) is 1. The molecule has 0 spiro atoms. The molecule has 0 unspecified atom stereocenters. The normalized spacial score (nSPS) is 16.6. The standard InChI is InChI=1S/C19H17BrClF3N4O4/c1-10-9-27(18(30)31)4-5-28(10)15-3-2-12(8-25-15)26-17(29)11-6-13(21)16(20)14(7-11)32-19(22,23)24/h2-3,6-8,10H,4-5,9H2,1H3,(H,26,29)(H,30,31)/t10-/m1/s1. The van der Waals surface area contributed by atoms with Crippen LogP contribution in [0.15, 0.2) is 34.9 Å². The van der Waals surface area contributed by atoms with Crippen LogP contribution in [0.25, 0.3) is 0 Å². The molecule has 8 nitrogen and oxygen atoms in total. The van der Waals surface area contributed by atoms with Crippen LogP contribution in [0.4, 0.5) is 29.5 Å². The molecule has 3 rings (SSSR count). The SMILES string of the molecule is C[C@@H]1CN(C(=O)O)CCN1c1ccc(NC(=O)c2cc(Cl)c(Br)c(OC(F)(F)F)c2)cn1. The van der Waals surface area contributed by atoms with Crippen molar-refractivity contribution in [2.45, 2.75) is 19.3 Å². The second-order valence-corrected chi connectivity index (χ2v) is 8.15. The molecule has 2 N–H and O–H groups in total. The minimum absolute atomic E-state index is 0.0928. The molecular weight excluding hydrogens is 521 g/mol. The summed E-state index contributed by atoms with van der Waals surface area (Å²) < 4.78 is 41.5. The van der Waals surface area contributed by atoms with Crippen molar-refractivity contribution in [1.82, 2.24) is 9.88 Å². The number of alkyl halides is 3. The van der Waals surface area contributed by atoms with Crippen LogP contribution in [0.2, 0.25) is 5.02 Å². The second-order valence-electron chi connectivity index (χ2n) is 6.95. The van der Waals surface area contributed by atoms with E-state index in [1.54, 1.807) is 12.1 Å². The van der Waals surface area contributed by atoms with Gasteiger partial charge in [-0.05, 0) is 47.1 Å². The number of aromatic nitrogens is 1. The van der Waals surface area contributed by atoms with Gasteiger partial charge in [0, 0.05) is 31.2 Å². The van der Waals surface area contributed by atoms with Gasteiger partial charge in [-0.1, -0.05) is 11.6 Å². The molecule has 0 aliphatic carbocycles. The first-order valence-corrected chi connectivity index (χ1v) is 10.4. The molecule has 1 aromatic heterocycles. The average Bonchev–Trinajstić information content (AvgIpc) is 2.70. The maximum absolute atomic E-state index is 12.6. The van der Waals surface area contributed by atoms with Gasteiger partial charge in [-0.25, -0.2) is 9.78 Å². The summed E-state index contributed by atoms with van der Waals surface area (Å²) in [6.45, 7) is 3.02. The summed E-state index contributed by atoms with van der Waals surface area (Å²) in [6.07, 6.45) is -4.52. The van der Waals surface area contributed by atoms with E-state index in [1.165, 1.54) is 17.2 Å². The van der Waals surface area contributed by atoms with E-state index in [-0.39, 0.29) is 21.1 Å². The Morgan fingerprint density at radius 1 is 1.31 bits per heavy atom. The van der Waals surface area contributed by atoms with Gasteiger partial charge in [0.2, 0.25) is 0 Å². The number of nitrogens with zero attached hydrogens (tertiary/aromatic N) is 3. The number of carbonyl (C=O) groups is 2. The topological polar surface area (TPSA) is 95.0 Å². The number of anilines is 2. The molecule has 1 saturated heterocycles. The van der Waals surface area contributed by atoms with Crippen molar-refractivity contribution in [2.75, 3.05) is 29.9 Å². The number of pyridine rings is 1. The molecule has 1 aromatic carbocycles. The smallest absolute Gasteiger partial charge is 0.465 e. The van der Waals surface area contributed by atoms with Crippen LogP contribution in [0.1, 0.15) is 17.3 Å². The highest BCUT2D eigenvalue weighted by atomic mass is 79.9. The Hall–Kier alpha value is -2.73. The Morgan fingerprint density at radius 3 is 2.59 bits per heavy atom. The first kappa shape index (κ1) is 23.9. The largest absolute Gasteiger partial charge is 0.573 e. The number of halogens is 5. The summed E-state index contributed by atoms with van der Waals surface area (Å²) in [5.74, 6) is -0.740. The van der Waals surface area contributed by atoms with Crippen molar-refractivity contribution in [3.8, 4) is 5.75 Å². The monoisotopic (exact) mass is 536 g/mol. The number of carbonyl (C=O) groups excluding carboxylic acids is 1. The highest BCUT2D eigenvalue weighted by Gasteiger charge is 2.33. The first-order valence-electron chi connectivity index (χ1n) is 9.21. The predicted molar refractivity (Wildman–Crippen MR) is 114 cm³/mol. The highest BCUT2D eigenvalue weighted by molar-refractivity contribution is 9.10. The van der Waals surface area contributed by atoms with Crippen molar-refractivity contribution in [3.63, 3.8) is 0 Å². The zero-order valence-corrected chi connectivity index (χ0v) is 18.8. The number of hydrogen-bond acceptors (Lipinski definition) is 5. The average molecular weight is 538 g/mol. The molecule has 32 heavy (non-hydrogen) atoms. The zero-order chi connectivity index (χ0) is 23.6. The van der Waals surface area contributed by atoms with Crippen LogP contribution in [0.5, 0.6) is 5.75 Å². The summed E-state index contributed by atoms with van der Waals surface area (Å²) in [6, 6.07) is 5.28. The molecule has 1 aliphatic heterocycles. The fourth-order valence-electron chi connectivity index (χ4n) is 3.20. The molecule has 172 valence electrons.